The number of esters is 1. The number of likely N-dealkylation sites (tertiary alicyclic amines) is 1. The lowest BCUT2D eigenvalue weighted by atomic mass is 10.0. The van der Waals surface area contributed by atoms with Crippen LogP contribution in [0, 0.1) is 0 Å². The van der Waals surface area contributed by atoms with Gasteiger partial charge in [0.15, 0.2) is 10.2 Å². The molecule has 3 amide bonds. The molecule has 2 atom stereocenters. The SMILES string of the molecule is COC(=O)[C@@H](C)N1C(=O)C(N2C(=O)c3ccccc3C2=O)C1(SC)SC. The van der Waals surface area contributed by atoms with Gasteiger partial charge in [0.25, 0.3) is 17.7 Å². The standard InChI is InChI=1S/C17H18N2O5S2/c1-9(16(23)24-2)19-15(22)12(17(19,25-3)26-4)18-13(20)10-7-5-6-8-11(10)14(18)21/h5-9,12H,1-4H3/t9-,12?/m1/s1. The fourth-order valence-electron chi connectivity index (χ4n) is 3.46. The Labute approximate surface area is 159 Å². The molecule has 2 aliphatic rings. The summed E-state index contributed by atoms with van der Waals surface area (Å²) in [5.74, 6) is -1.96. The molecule has 26 heavy (non-hydrogen) atoms. The summed E-state index contributed by atoms with van der Waals surface area (Å²) in [5, 5.41) is 0. The summed E-state index contributed by atoms with van der Waals surface area (Å²) in [6.07, 6.45) is 3.57. The van der Waals surface area contributed by atoms with E-state index in [0.29, 0.717) is 11.1 Å². The zero-order valence-electron chi connectivity index (χ0n) is 14.7. The number of hydrogen-bond acceptors (Lipinski definition) is 7. The normalized spacial score (nSPS) is 22.2. The van der Waals surface area contributed by atoms with Crippen LogP contribution < -0.4 is 0 Å². The number of carbonyl (C=O) groups excluding carboxylic acids is 4. The summed E-state index contributed by atoms with van der Waals surface area (Å²) in [4.78, 5) is 52.9. The van der Waals surface area contributed by atoms with E-state index in [2.05, 4.69) is 0 Å². The van der Waals surface area contributed by atoms with Crippen molar-refractivity contribution in [1.29, 1.82) is 0 Å². The fourth-order valence-corrected chi connectivity index (χ4v) is 5.88. The number of thioether (sulfide) groups is 2. The summed E-state index contributed by atoms with van der Waals surface area (Å²) in [6.45, 7) is 1.57. The predicted octanol–water partition coefficient (Wildman–Crippen LogP) is 1.43. The zero-order valence-corrected chi connectivity index (χ0v) is 16.3. The van der Waals surface area contributed by atoms with E-state index >= 15 is 0 Å². The Hall–Kier alpha value is -2.00. The van der Waals surface area contributed by atoms with Crippen LogP contribution in [-0.4, -0.2) is 69.4 Å². The molecule has 1 saturated heterocycles. The highest BCUT2D eigenvalue weighted by atomic mass is 32.2. The molecule has 2 heterocycles. The molecule has 1 fully saturated rings. The van der Waals surface area contributed by atoms with Crippen LogP contribution in [0.15, 0.2) is 24.3 Å². The van der Waals surface area contributed by atoms with Gasteiger partial charge in [0.2, 0.25) is 0 Å². The van der Waals surface area contributed by atoms with Gasteiger partial charge in [-0.25, -0.2) is 4.79 Å². The minimum absolute atomic E-state index is 0.292. The third kappa shape index (κ3) is 2.30. The van der Waals surface area contributed by atoms with Crippen LogP contribution in [-0.2, 0) is 14.3 Å². The first-order valence-corrected chi connectivity index (χ1v) is 10.3. The Kier molecular flexibility index (Phi) is 4.78. The lowest BCUT2D eigenvalue weighted by molar-refractivity contribution is -0.166. The second-order valence-corrected chi connectivity index (χ2v) is 8.19. The van der Waals surface area contributed by atoms with Crippen LogP contribution in [0.1, 0.15) is 27.6 Å². The second kappa shape index (κ2) is 6.62. The van der Waals surface area contributed by atoms with Gasteiger partial charge in [0, 0.05) is 0 Å². The Morgan fingerprint density at radius 3 is 2.04 bits per heavy atom. The molecule has 0 N–H and O–H groups in total. The number of fused-ring (bicyclic) bond motifs is 1. The Balaban J connectivity index is 2.01. The van der Waals surface area contributed by atoms with E-state index < -0.39 is 40.0 Å². The zero-order chi connectivity index (χ0) is 19.2. The van der Waals surface area contributed by atoms with Gasteiger partial charge in [0.05, 0.1) is 18.2 Å². The van der Waals surface area contributed by atoms with E-state index in [9.17, 15) is 19.2 Å². The molecule has 9 heteroatoms. The van der Waals surface area contributed by atoms with E-state index in [0.717, 1.165) is 4.90 Å². The first-order valence-electron chi connectivity index (χ1n) is 7.84. The van der Waals surface area contributed by atoms with E-state index in [1.54, 1.807) is 43.7 Å². The van der Waals surface area contributed by atoms with Crippen molar-refractivity contribution >= 4 is 47.2 Å². The van der Waals surface area contributed by atoms with Crippen molar-refractivity contribution in [3.63, 3.8) is 0 Å². The lowest BCUT2D eigenvalue weighted by Crippen LogP contribution is -2.79. The smallest absolute Gasteiger partial charge is 0.328 e. The lowest BCUT2D eigenvalue weighted by Gasteiger charge is -2.58. The minimum atomic E-state index is -0.980. The van der Waals surface area contributed by atoms with Gasteiger partial charge in [-0.05, 0) is 31.6 Å². The molecule has 0 spiro atoms. The first-order chi connectivity index (χ1) is 12.4. The van der Waals surface area contributed by atoms with Crippen molar-refractivity contribution in [2.24, 2.45) is 0 Å². The average molecular weight is 394 g/mol. The molecular formula is C17H18N2O5S2. The monoisotopic (exact) mass is 394 g/mol. The van der Waals surface area contributed by atoms with Crippen LogP contribution in [0.4, 0.5) is 0 Å². The van der Waals surface area contributed by atoms with Crippen LogP contribution >= 0.6 is 23.5 Å². The number of nitrogens with zero attached hydrogens (tertiary/aromatic N) is 2. The molecule has 0 aromatic heterocycles. The largest absolute Gasteiger partial charge is 0.467 e. The summed E-state index contributed by atoms with van der Waals surface area (Å²) in [6, 6.07) is 4.71. The Morgan fingerprint density at radius 2 is 1.62 bits per heavy atom. The molecule has 2 aliphatic heterocycles. The molecule has 0 aliphatic carbocycles. The summed E-state index contributed by atoms with van der Waals surface area (Å²) >= 11 is 2.64. The highest BCUT2D eigenvalue weighted by molar-refractivity contribution is 8.17. The number of imide groups is 1. The van der Waals surface area contributed by atoms with Gasteiger partial charge in [-0.2, -0.15) is 0 Å². The van der Waals surface area contributed by atoms with Crippen LogP contribution in [0.2, 0.25) is 0 Å². The van der Waals surface area contributed by atoms with Crippen LogP contribution in [0.25, 0.3) is 0 Å². The maximum Gasteiger partial charge on any atom is 0.328 e. The predicted molar refractivity (Wildman–Crippen MR) is 98.8 cm³/mol. The van der Waals surface area contributed by atoms with E-state index in [4.69, 9.17) is 4.74 Å². The number of benzene rings is 1. The molecule has 3 rings (SSSR count). The third-order valence-electron chi connectivity index (χ3n) is 4.75. The molecule has 0 bridgehead atoms. The quantitative estimate of drug-likeness (QED) is 0.323. The highest BCUT2D eigenvalue weighted by Crippen LogP contribution is 2.53. The van der Waals surface area contributed by atoms with Gasteiger partial charge in [-0.15, -0.1) is 23.5 Å². The van der Waals surface area contributed by atoms with E-state index in [1.807, 2.05) is 0 Å². The van der Waals surface area contributed by atoms with Crippen molar-refractivity contribution in [2.75, 3.05) is 19.6 Å². The summed E-state index contributed by atoms with van der Waals surface area (Å²) in [5.41, 5.74) is 0.585. The van der Waals surface area contributed by atoms with Crippen molar-refractivity contribution in [2.45, 2.75) is 23.2 Å². The maximum atomic E-state index is 12.9. The van der Waals surface area contributed by atoms with E-state index in [1.165, 1.54) is 35.5 Å². The van der Waals surface area contributed by atoms with Crippen LogP contribution in [0.3, 0.4) is 0 Å². The van der Waals surface area contributed by atoms with Crippen molar-refractivity contribution in [3.8, 4) is 0 Å². The number of amides is 3. The molecule has 1 aromatic rings. The van der Waals surface area contributed by atoms with Gasteiger partial charge in [0.1, 0.15) is 6.04 Å². The third-order valence-corrected chi connectivity index (χ3v) is 7.76. The number of carbonyl (C=O) groups is 4. The Bertz CT molecular complexity index is 773. The molecule has 1 unspecified atom stereocenters. The van der Waals surface area contributed by atoms with Gasteiger partial charge in [-0.1, -0.05) is 12.1 Å². The van der Waals surface area contributed by atoms with Crippen LogP contribution in [0.5, 0.6) is 0 Å². The van der Waals surface area contributed by atoms with Gasteiger partial charge < -0.3 is 9.64 Å². The molecule has 0 radical (unpaired) electrons. The molecule has 0 saturated carbocycles. The number of rotatable bonds is 5. The molecule has 7 nitrogen and oxygen atoms in total. The van der Waals surface area contributed by atoms with Crippen molar-refractivity contribution in [1.82, 2.24) is 9.80 Å². The maximum absolute atomic E-state index is 12.9. The van der Waals surface area contributed by atoms with Crippen molar-refractivity contribution < 1.29 is 23.9 Å². The minimum Gasteiger partial charge on any atom is -0.467 e. The first kappa shape index (κ1) is 18.8. The topological polar surface area (TPSA) is 84.0 Å². The average Bonchev–Trinajstić information content (AvgIpc) is 2.90. The molecule has 1 aromatic carbocycles. The summed E-state index contributed by atoms with van der Waals surface area (Å²) < 4.78 is 3.81. The highest BCUT2D eigenvalue weighted by Gasteiger charge is 2.67. The number of methoxy groups -OCH3 is 1. The molecule has 138 valence electrons. The fraction of sp³-hybridized carbons (Fsp3) is 0.412. The summed E-state index contributed by atoms with van der Waals surface area (Å²) in [7, 11) is 1.25. The number of hydrogen-bond donors (Lipinski definition) is 0. The second-order valence-electron chi connectivity index (χ2n) is 5.87. The van der Waals surface area contributed by atoms with Gasteiger partial charge in [-0.3, -0.25) is 19.3 Å². The Morgan fingerprint density at radius 1 is 1.12 bits per heavy atom. The number of β-lactam (4-membered cyclic amide) rings is 1. The molecular weight excluding hydrogens is 376 g/mol. The van der Waals surface area contributed by atoms with E-state index in [-0.39, 0.29) is 0 Å². The van der Waals surface area contributed by atoms with Crippen molar-refractivity contribution in [3.05, 3.63) is 35.4 Å². The van der Waals surface area contributed by atoms with Gasteiger partial charge >= 0.3 is 5.97 Å². The number of ether oxygens (including phenoxy) is 1.